The number of nitrogens with one attached hydrogen (secondary N) is 1. The summed E-state index contributed by atoms with van der Waals surface area (Å²) in [5.41, 5.74) is 4.15. The van der Waals surface area contributed by atoms with Crippen molar-refractivity contribution in [3.63, 3.8) is 0 Å². The van der Waals surface area contributed by atoms with Crippen LogP contribution in [0, 0.1) is 0 Å². The molecule has 0 atom stereocenters. The number of amides is 1. The highest BCUT2D eigenvalue weighted by molar-refractivity contribution is 5.87. The Balaban J connectivity index is 2.45. The van der Waals surface area contributed by atoms with E-state index in [1.165, 1.54) is 19.3 Å². The Hall–Kier alpha value is -1.32. The van der Waals surface area contributed by atoms with Crippen LogP contribution in [0.2, 0.25) is 0 Å². The standard InChI is InChI=1S/C5H6N3O/c1-4(9)8-5-2-6-7-3-5/h2-3H,1H3,(H,8,9). The second-order valence-electron chi connectivity index (χ2n) is 1.63. The highest BCUT2D eigenvalue weighted by Crippen LogP contribution is 1.89. The molecule has 0 aliphatic carbocycles. The lowest BCUT2D eigenvalue weighted by Gasteiger charge is -1.93. The van der Waals surface area contributed by atoms with Crippen molar-refractivity contribution >= 4 is 12.1 Å². The maximum absolute atomic E-state index is 10.3. The predicted molar refractivity (Wildman–Crippen MR) is 32.5 cm³/mol. The van der Waals surface area contributed by atoms with Gasteiger partial charge in [-0.2, -0.15) is 10.5 Å². The van der Waals surface area contributed by atoms with Gasteiger partial charge in [0, 0.05) is 6.92 Å². The van der Waals surface area contributed by atoms with E-state index in [2.05, 4.69) is 15.8 Å². The summed E-state index contributed by atoms with van der Waals surface area (Å²) in [7, 11) is 0. The summed E-state index contributed by atoms with van der Waals surface area (Å²) in [4.78, 5) is 10.3. The van der Waals surface area contributed by atoms with E-state index < -0.39 is 0 Å². The molecule has 0 bridgehead atoms. The highest BCUT2D eigenvalue weighted by Gasteiger charge is 1.99. The van der Waals surface area contributed by atoms with Gasteiger partial charge in [-0.3, -0.25) is 4.79 Å². The summed E-state index contributed by atoms with van der Waals surface area (Å²) >= 11 is 0. The molecular weight excluding hydrogens is 118 g/mol. The maximum atomic E-state index is 10.3. The van der Waals surface area contributed by atoms with Gasteiger partial charge in [0.1, 0.15) is 0 Å². The summed E-state index contributed by atoms with van der Waals surface area (Å²) < 4.78 is 0. The SMILES string of the molecule is CC(=O)NC1=C[N]N=C1. The zero-order valence-corrected chi connectivity index (χ0v) is 4.96. The van der Waals surface area contributed by atoms with Gasteiger partial charge < -0.3 is 5.32 Å². The first-order valence-electron chi connectivity index (χ1n) is 2.50. The van der Waals surface area contributed by atoms with Crippen LogP contribution in [0.15, 0.2) is 17.0 Å². The van der Waals surface area contributed by atoms with E-state index in [0.29, 0.717) is 5.70 Å². The fourth-order valence-corrected chi connectivity index (χ4v) is 0.492. The minimum Gasteiger partial charge on any atom is -0.324 e. The van der Waals surface area contributed by atoms with Gasteiger partial charge in [0.05, 0.1) is 18.1 Å². The zero-order valence-electron chi connectivity index (χ0n) is 4.96. The lowest BCUT2D eigenvalue weighted by atomic mass is 10.5. The fourth-order valence-electron chi connectivity index (χ4n) is 0.492. The number of allylic oxidation sites excluding steroid dienone is 1. The predicted octanol–water partition coefficient (Wildman–Crippen LogP) is -0.432. The first-order chi connectivity index (χ1) is 4.29. The van der Waals surface area contributed by atoms with Crippen molar-refractivity contribution in [1.29, 1.82) is 0 Å². The van der Waals surface area contributed by atoms with Crippen LogP contribution in [0.1, 0.15) is 6.92 Å². The van der Waals surface area contributed by atoms with Crippen molar-refractivity contribution in [2.45, 2.75) is 6.92 Å². The lowest BCUT2D eigenvalue weighted by Crippen LogP contribution is -2.18. The van der Waals surface area contributed by atoms with Gasteiger partial charge in [0.25, 0.3) is 0 Å². The van der Waals surface area contributed by atoms with Crippen LogP contribution in [0.4, 0.5) is 0 Å². The van der Waals surface area contributed by atoms with E-state index in [1.54, 1.807) is 0 Å². The molecule has 4 nitrogen and oxygen atoms in total. The van der Waals surface area contributed by atoms with Crippen LogP contribution in [0.3, 0.4) is 0 Å². The number of nitrogens with zero attached hydrogens (tertiary/aromatic N) is 2. The number of hydrogen-bond donors (Lipinski definition) is 1. The molecule has 1 N–H and O–H groups in total. The number of hydrogen-bond acceptors (Lipinski definition) is 2. The maximum Gasteiger partial charge on any atom is 0.221 e. The number of carbonyl (C=O) groups is 1. The summed E-state index contributed by atoms with van der Waals surface area (Å²) in [5.74, 6) is -0.107. The van der Waals surface area contributed by atoms with Gasteiger partial charge in [-0.1, -0.05) is 0 Å². The van der Waals surface area contributed by atoms with Crippen molar-refractivity contribution in [2.75, 3.05) is 0 Å². The summed E-state index contributed by atoms with van der Waals surface area (Å²) in [6.45, 7) is 1.44. The zero-order chi connectivity index (χ0) is 6.69. The van der Waals surface area contributed by atoms with Gasteiger partial charge in [-0.15, -0.1) is 0 Å². The molecule has 4 heteroatoms. The van der Waals surface area contributed by atoms with Gasteiger partial charge in [-0.05, 0) is 0 Å². The Kier molecular flexibility index (Phi) is 1.48. The van der Waals surface area contributed by atoms with E-state index >= 15 is 0 Å². The molecule has 47 valence electrons. The molecule has 0 unspecified atom stereocenters. The highest BCUT2D eigenvalue weighted by atomic mass is 16.1. The first-order valence-corrected chi connectivity index (χ1v) is 2.50. The fraction of sp³-hybridized carbons (Fsp3) is 0.200. The molecule has 9 heavy (non-hydrogen) atoms. The van der Waals surface area contributed by atoms with Gasteiger partial charge in [0.15, 0.2) is 0 Å². The summed E-state index contributed by atoms with van der Waals surface area (Å²) in [6, 6.07) is 0. The minimum absolute atomic E-state index is 0.107. The average molecular weight is 124 g/mol. The molecule has 1 aliphatic heterocycles. The largest absolute Gasteiger partial charge is 0.324 e. The van der Waals surface area contributed by atoms with E-state index in [1.807, 2.05) is 0 Å². The van der Waals surface area contributed by atoms with Gasteiger partial charge in [0.2, 0.25) is 5.91 Å². The first kappa shape index (κ1) is 5.81. The van der Waals surface area contributed by atoms with Crippen LogP contribution in [0.25, 0.3) is 0 Å². The Morgan fingerprint density at radius 2 is 2.56 bits per heavy atom. The van der Waals surface area contributed by atoms with Crippen LogP contribution >= 0.6 is 0 Å². The van der Waals surface area contributed by atoms with Crippen LogP contribution < -0.4 is 10.7 Å². The molecule has 0 aromatic carbocycles. The van der Waals surface area contributed by atoms with Gasteiger partial charge in [-0.25, -0.2) is 0 Å². The van der Waals surface area contributed by atoms with E-state index in [0.717, 1.165) is 0 Å². The van der Waals surface area contributed by atoms with Crippen molar-refractivity contribution in [1.82, 2.24) is 10.7 Å². The second kappa shape index (κ2) is 2.30. The normalized spacial score (nSPS) is 14.6. The number of carbonyl (C=O) groups excluding carboxylic acids is 1. The third kappa shape index (κ3) is 1.56. The quantitative estimate of drug-likeness (QED) is 0.506. The third-order valence-corrected chi connectivity index (χ3v) is 0.781. The Morgan fingerprint density at radius 3 is 3.00 bits per heavy atom. The summed E-state index contributed by atoms with van der Waals surface area (Å²) in [6.07, 6.45) is 2.97. The molecule has 1 heterocycles. The average Bonchev–Trinajstić information content (AvgIpc) is 2.15. The third-order valence-electron chi connectivity index (χ3n) is 0.781. The molecule has 1 amide bonds. The smallest absolute Gasteiger partial charge is 0.221 e. The minimum atomic E-state index is -0.107. The second-order valence-corrected chi connectivity index (χ2v) is 1.63. The molecule has 0 saturated carbocycles. The molecule has 1 rings (SSSR count). The van der Waals surface area contributed by atoms with E-state index in [4.69, 9.17) is 0 Å². The Bertz CT molecular complexity index is 183. The van der Waals surface area contributed by atoms with Crippen LogP contribution in [-0.2, 0) is 4.79 Å². The Labute approximate surface area is 52.6 Å². The lowest BCUT2D eigenvalue weighted by molar-refractivity contribution is -0.118. The van der Waals surface area contributed by atoms with Gasteiger partial charge >= 0.3 is 0 Å². The van der Waals surface area contributed by atoms with Crippen molar-refractivity contribution in [3.8, 4) is 0 Å². The molecule has 0 spiro atoms. The van der Waals surface area contributed by atoms with Crippen LogP contribution in [0.5, 0.6) is 0 Å². The molecule has 1 aliphatic rings. The topological polar surface area (TPSA) is 55.6 Å². The van der Waals surface area contributed by atoms with Crippen molar-refractivity contribution in [3.05, 3.63) is 11.9 Å². The van der Waals surface area contributed by atoms with E-state index in [9.17, 15) is 4.79 Å². The van der Waals surface area contributed by atoms with Crippen molar-refractivity contribution < 1.29 is 4.79 Å². The monoisotopic (exact) mass is 124 g/mol. The molecule has 0 saturated heterocycles. The molecule has 0 aromatic rings. The summed E-state index contributed by atoms with van der Waals surface area (Å²) in [5, 5.41) is 6.03. The molecule has 0 aromatic heterocycles. The molecule has 0 fully saturated rings. The van der Waals surface area contributed by atoms with Crippen LogP contribution in [-0.4, -0.2) is 12.1 Å². The molecule has 1 radical (unpaired) electrons. The molecular formula is C5H6N3O. The van der Waals surface area contributed by atoms with E-state index in [-0.39, 0.29) is 5.91 Å². The van der Waals surface area contributed by atoms with Crippen molar-refractivity contribution in [2.24, 2.45) is 5.10 Å². The Morgan fingerprint density at radius 1 is 1.78 bits per heavy atom. The number of rotatable bonds is 1.